The first-order chi connectivity index (χ1) is 9.12. The number of rotatable bonds is 1. The van der Waals surface area contributed by atoms with Gasteiger partial charge in [0.05, 0.1) is 11.4 Å². The quantitative estimate of drug-likeness (QED) is 0.839. The molecule has 0 bridgehead atoms. The van der Waals surface area contributed by atoms with E-state index in [1.165, 1.54) is 5.56 Å². The standard InChI is InChI=1S/C16H23N3O/c1-9-7-10(2)13(11(3)8-9)19-15(20)12(17)14(18-19)16(4,5)6/h7-8,18H,17H2,1-6H3. The number of nitrogens with two attached hydrogens (primary N) is 1. The van der Waals surface area contributed by atoms with Crippen molar-refractivity contribution in [3.8, 4) is 5.69 Å². The molecule has 0 radical (unpaired) electrons. The first-order valence-corrected chi connectivity index (χ1v) is 6.82. The molecule has 0 spiro atoms. The van der Waals surface area contributed by atoms with Gasteiger partial charge in [0.15, 0.2) is 0 Å². The molecule has 0 unspecified atom stereocenters. The minimum absolute atomic E-state index is 0.176. The predicted octanol–water partition coefficient (Wildman–Crippen LogP) is 2.97. The Hall–Kier alpha value is -1.97. The summed E-state index contributed by atoms with van der Waals surface area (Å²) in [6, 6.07) is 4.14. The number of hydrogen-bond donors (Lipinski definition) is 2. The van der Waals surface area contributed by atoms with Gasteiger partial charge in [-0.2, -0.15) is 0 Å². The van der Waals surface area contributed by atoms with E-state index in [2.05, 4.69) is 24.2 Å². The predicted molar refractivity (Wildman–Crippen MR) is 83.7 cm³/mol. The largest absolute Gasteiger partial charge is 0.393 e. The molecule has 4 nitrogen and oxygen atoms in total. The van der Waals surface area contributed by atoms with Crippen molar-refractivity contribution in [3.05, 3.63) is 44.9 Å². The van der Waals surface area contributed by atoms with Gasteiger partial charge in [-0.05, 0) is 31.9 Å². The van der Waals surface area contributed by atoms with Gasteiger partial charge >= 0.3 is 0 Å². The summed E-state index contributed by atoms with van der Waals surface area (Å²) in [7, 11) is 0. The Kier molecular flexibility index (Phi) is 3.28. The second kappa shape index (κ2) is 4.54. The summed E-state index contributed by atoms with van der Waals surface area (Å²) in [4.78, 5) is 12.4. The van der Waals surface area contributed by atoms with Gasteiger partial charge in [0, 0.05) is 5.41 Å². The summed E-state index contributed by atoms with van der Waals surface area (Å²) in [5.74, 6) is 0. The fraction of sp³-hybridized carbons (Fsp3) is 0.438. The Morgan fingerprint density at radius 1 is 1.10 bits per heavy atom. The van der Waals surface area contributed by atoms with Crippen molar-refractivity contribution in [3.63, 3.8) is 0 Å². The van der Waals surface area contributed by atoms with Crippen LogP contribution in [0.5, 0.6) is 0 Å². The van der Waals surface area contributed by atoms with E-state index in [4.69, 9.17) is 5.73 Å². The summed E-state index contributed by atoms with van der Waals surface area (Å²) in [5, 5.41) is 3.19. The summed E-state index contributed by atoms with van der Waals surface area (Å²) in [6.45, 7) is 12.2. The molecular formula is C16H23N3O. The Bertz CT molecular complexity index is 691. The third-order valence-electron chi connectivity index (χ3n) is 3.54. The van der Waals surface area contributed by atoms with Crippen LogP contribution >= 0.6 is 0 Å². The minimum atomic E-state index is -0.193. The average Bonchev–Trinajstić information content (AvgIpc) is 2.55. The molecule has 0 aliphatic heterocycles. The van der Waals surface area contributed by atoms with Crippen LogP contribution < -0.4 is 11.3 Å². The number of anilines is 1. The van der Waals surface area contributed by atoms with Crippen molar-refractivity contribution in [2.75, 3.05) is 5.73 Å². The van der Waals surface area contributed by atoms with Crippen LogP contribution in [-0.2, 0) is 5.41 Å². The minimum Gasteiger partial charge on any atom is -0.393 e. The third kappa shape index (κ3) is 2.26. The van der Waals surface area contributed by atoms with Crippen LogP contribution in [0.3, 0.4) is 0 Å². The molecule has 108 valence electrons. The van der Waals surface area contributed by atoms with Crippen LogP contribution in [0.2, 0.25) is 0 Å². The van der Waals surface area contributed by atoms with E-state index in [1.54, 1.807) is 4.68 Å². The molecule has 0 aliphatic rings. The van der Waals surface area contributed by atoms with Crippen LogP contribution in [0, 0.1) is 20.8 Å². The molecule has 2 rings (SSSR count). The lowest BCUT2D eigenvalue weighted by Gasteiger charge is -2.17. The Balaban J connectivity index is 2.76. The van der Waals surface area contributed by atoms with Crippen LogP contribution in [0.1, 0.15) is 43.2 Å². The first kappa shape index (κ1) is 14.4. The number of nitrogens with one attached hydrogen (secondary N) is 1. The number of aromatic nitrogens is 2. The number of H-pyrrole nitrogens is 1. The van der Waals surface area contributed by atoms with Gasteiger partial charge in [-0.15, -0.1) is 0 Å². The third-order valence-corrected chi connectivity index (χ3v) is 3.54. The first-order valence-electron chi connectivity index (χ1n) is 6.82. The van der Waals surface area contributed by atoms with E-state index in [1.807, 2.05) is 34.6 Å². The molecule has 0 saturated carbocycles. The maximum Gasteiger partial charge on any atom is 0.294 e. The van der Waals surface area contributed by atoms with Gasteiger partial charge in [0.1, 0.15) is 5.69 Å². The lowest BCUT2D eigenvalue weighted by molar-refractivity contribution is 0.561. The molecule has 1 aromatic carbocycles. The van der Waals surface area contributed by atoms with Crippen molar-refractivity contribution >= 4 is 5.69 Å². The molecule has 0 fully saturated rings. The highest BCUT2D eigenvalue weighted by Crippen LogP contribution is 2.26. The fourth-order valence-corrected chi connectivity index (χ4v) is 2.70. The van der Waals surface area contributed by atoms with Crippen LogP contribution in [0.4, 0.5) is 5.69 Å². The average molecular weight is 273 g/mol. The van der Waals surface area contributed by atoms with E-state index in [0.29, 0.717) is 5.69 Å². The second-order valence-electron chi connectivity index (χ2n) is 6.54. The van der Waals surface area contributed by atoms with Crippen molar-refractivity contribution in [1.29, 1.82) is 0 Å². The van der Waals surface area contributed by atoms with Crippen molar-refractivity contribution in [2.45, 2.75) is 47.0 Å². The molecular weight excluding hydrogens is 250 g/mol. The molecule has 0 aliphatic carbocycles. The maximum absolute atomic E-state index is 12.4. The van der Waals surface area contributed by atoms with E-state index in [0.717, 1.165) is 22.5 Å². The zero-order valence-electron chi connectivity index (χ0n) is 13.1. The number of nitrogen functional groups attached to an aromatic ring is 1. The van der Waals surface area contributed by atoms with Crippen molar-refractivity contribution in [2.24, 2.45) is 0 Å². The topological polar surface area (TPSA) is 63.8 Å². The molecule has 0 saturated heterocycles. The number of aryl methyl sites for hydroxylation is 3. The molecule has 0 amide bonds. The number of benzene rings is 1. The normalized spacial score (nSPS) is 11.9. The number of nitrogens with zero attached hydrogens (tertiary/aromatic N) is 1. The van der Waals surface area contributed by atoms with Gasteiger partial charge < -0.3 is 5.73 Å². The molecule has 0 atom stereocenters. The van der Waals surface area contributed by atoms with E-state index in [9.17, 15) is 4.79 Å². The van der Waals surface area contributed by atoms with Gasteiger partial charge in [0.25, 0.3) is 5.56 Å². The SMILES string of the molecule is Cc1cc(C)c(-n2[nH]c(C(C)(C)C)c(N)c2=O)c(C)c1. The summed E-state index contributed by atoms with van der Waals surface area (Å²) < 4.78 is 1.57. The molecule has 3 N–H and O–H groups in total. The molecule has 4 heteroatoms. The number of aromatic amines is 1. The molecule has 2 aromatic rings. The van der Waals surface area contributed by atoms with Gasteiger partial charge in [0.2, 0.25) is 0 Å². The Morgan fingerprint density at radius 3 is 2.00 bits per heavy atom. The zero-order valence-corrected chi connectivity index (χ0v) is 13.1. The zero-order chi connectivity index (χ0) is 15.2. The maximum atomic E-state index is 12.4. The lowest BCUT2D eigenvalue weighted by Crippen LogP contribution is -2.18. The van der Waals surface area contributed by atoms with Crippen molar-refractivity contribution < 1.29 is 0 Å². The summed E-state index contributed by atoms with van der Waals surface area (Å²) in [5.41, 5.74) is 10.9. The molecule has 20 heavy (non-hydrogen) atoms. The van der Waals surface area contributed by atoms with Crippen molar-refractivity contribution in [1.82, 2.24) is 9.78 Å². The van der Waals surface area contributed by atoms with Crippen LogP contribution in [-0.4, -0.2) is 9.78 Å². The summed E-state index contributed by atoms with van der Waals surface area (Å²) in [6.07, 6.45) is 0. The smallest absolute Gasteiger partial charge is 0.294 e. The highest BCUT2D eigenvalue weighted by atomic mass is 16.1. The highest BCUT2D eigenvalue weighted by molar-refractivity contribution is 5.53. The van der Waals surface area contributed by atoms with Crippen LogP contribution in [0.15, 0.2) is 16.9 Å². The van der Waals surface area contributed by atoms with E-state index in [-0.39, 0.29) is 11.0 Å². The lowest BCUT2D eigenvalue weighted by atomic mass is 9.91. The fourth-order valence-electron chi connectivity index (χ4n) is 2.70. The second-order valence-corrected chi connectivity index (χ2v) is 6.54. The highest BCUT2D eigenvalue weighted by Gasteiger charge is 2.24. The van der Waals surface area contributed by atoms with Gasteiger partial charge in [-0.3, -0.25) is 9.89 Å². The monoisotopic (exact) mass is 273 g/mol. The van der Waals surface area contributed by atoms with Crippen LogP contribution in [0.25, 0.3) is 5.69 Å². The summed E-state index contributed by atoms with van der Waals surface area (Å²) >= 11 is 0. The number of hydrogen-bond acceptors (Lipinski definition) is 2. The molecule has 1 aromatic heterocycles. The Morgan fingerprint density at radius 2 is 1.60 bits per heavy atom. The van der Waals surface area contributed by atoms with E-state index >= 15 is 0 Å². The van der Waals surface area contributed by atoms with E-state index < -0.39 is 0 Å². The Labute approximate surface area is 119 Å². The molecule has 1 heterocycles. The van der Waals surface area contributed by atoms with Gasteiger partial charge in [-0.25, -0.2) is 4.68 Å². The van der Waals surface area contributed by atoms with Gasteiger partial charge in [-0.1, -0.05) is 38.5 Å².